The van der Waals surface area contributed by atoms with Crippen molar-refractivity contribution in [1.29, 1.82) is 0 Å². The van der Waals surface area contributed by atoms with Gasteiger partial charge in [0.05, 0.1) is 0 Å². The number of likely N-dealkylation sites (N-methyl/N-ethyl adjacent to an activating group) is 1. The molecule has 3 heterocycles. The van der Waals surface area contributed by atoms with Crippen LogP contribution in [0.25, 0.3) is 0 Å². The Hall–Kier alpha value is -2.76. The minimum Gasteiger partial charge on any atom is -0.479 e. The number of para-hydroxylation sites is 1. The van der Waals surface area contributed by atoms with Crippen LogP contribution in [-0.2, 0) is 10.2 Å². The average Bonchev–Trinajstić information content (AvgIpc) is 2.96. The molecular weight excluding hydrogens is 328 g/mol. The van der Waals surface area contributed by atoms with E-state index in [0.717, 1.165) is 43.1 Å². The summed E-state index contributed by atoms with van der Waals surface area (Å²) in [5.41, 5.74) is 7.49. The molecule has 1 aromatic carbocycles. The number of amides is 1. The molecule has 136 valence electrons. The van der Waals surface area contributed by atoms with E-state index in [9.17, 15) is 4.79 Å². The average molecular weight is 352 g/mol. The summed E-state index contributed by atoms with van der Waals surface area (Å²) in [5, 5.41) is 0. The number of anilines is 2. The number of nitrogens with zero attached hydrogens (tertiary/aromatic N) is 3. The number of nitrogens with two attached hydrogens (primary N) is 1. The van der Waals surface area contributed by atoms with Crippen molar-refractivity contribution in [2.24, 2.45) is 0 Å². The van der Waals surface area contributed by atoms with Gasteiger partial charge < -0.3 is 20.3 Å². The molecule has 0 bridgehead atoms. The molecule has 0 aliphatic carbocycles. The number of rotatable bonds is 2. The summed E-state index contributed by atoms with van der Waals surface area (Å²) >= 11 is 0. The van der Waals surface area contributed by atoms with Crippen molar-refractivity contribution in [3.05, 3.63) is 48.2 Å². The summed E-state index contributed by atoms with van der Waals surface area (Å²) in [6.07, 6.45) is 2.95. The Labute approximate surface area is 153 Å². The number of fused-ring (bicyclic) bond motifs is 2. The van der Waals surface area contributed by atoms with Crippen LogP contribution in [-0.4, -0.2) is 49.1 Å². The zero-order valence-corrected chi connectivity index (χ0v) is 15.2. The fourth-order valence-electron chi connectivity index (χ4n) is 4.16. The van der Waals surface area contributed by atoms with Crippen LogP contribution < -0.4 is 15.4 Å². The smallest absolute Gasteiger partial charge is 0.264 e. The SMILES string of the molecule is CN(C)C(=O)[C@H]1Oc2ccccc2C12CCN(c1cc(N)ccn1)CC2. The van der Waals surface area contributed by atoms with Crippen LogP contribution in [0.3, 0.4) is 0 Å². The van der Waals surface area contributed by atoms with E-state index >= 15 is 0 Å². The van der Waals surface area contributed by atoms with Gasteiger partial charge in [0, 0.05) is 56.1 Å². The highest BCUT2D eigenvalue weighted by molar-refractivity contribution is 5.84. The van der Waals surface area contributed by atoms with Crippen LogP contribution in [0.2, 0.25) is 0 Å². The third-order valence-corrected chi connectivity index (χ3v) is 5.58. The van der Waals surface area contributed by atoms with Crippen molar-refractivity contribution in [2.45, 2.75) is 24.4 Å². The van der Waals surface area contributed by atoms with Crippen LogP contribution >= 0.6 is 0 Å². The fraction of sp³-hybridized carbons (Fsp3) is 0.400. The van der Waals surface area contributed by atoms with E-state index in [0.29, 0.717) is 5.69 Å². The zero-order valence-electron chi connectivity index (χ0n) is 15.2. The van der Waals surface area contributed by atoms with E-state index in [1.54, 1.807) is 31.3 Å². The van der Waals surface area contributed by atoms with Gasteiger partial charge in [0.2, 0.25) is 0 Å². The van der Waals surface area contributed by atoms with Crippen molar-refractivity contribution in [3.8, 4) is 5.75 Å². The molecule has 1 atom stereocenters. The van der Waals surface area contributed by atoms with Gasteiger partial charge in [-0.1, -0.05) is 18.2 Å². The molecule has 1 fully saturated rings. The quantitative estimate of drug-likeness (QED) is 0.896. The maximum absolute atomic E-state index is 12.8. The first-order valence-electron chi connectivity index (χ1n) is 8.95. The molecule has 0 saturated carbocycles. The number of nitrogen functional groups attached to an aromatic ring is 1. The maximum atomic E-state index is 12.8. The highest BCUT2D eigenvalue weighted by Crippen LogP contribution is 2.50. The van der Waals surface area contributed by atoms with Gasteiger partial charge in [-0.25, -0.2) is 4.98 Å². The number of hydrogen-bond donors (Lipinski definition) is 1. The zero-order chi connectivity index (χ0) is 18.3. The summed E-state index contributed by atoms with van der Waals surface area (Å²) in [7, 11) is 3.57. The molecule has 2 aliphatic heterocycles. The van der Waals surface area contributed by atoms with Gasteiger partial charge in [-0.2, -0.15) is 0 Å². The predicted molar refractivity (Wildman–Crippen MR) is 101 cm³/mol. The van der Waals surface area contributed by atoms with Gasteiger partial charge in [0.15, 0.2) is 6.10 Å². The lowest BCUT2D eigenvalue weighted by atomic mass is 9.69. The Morgan fingerprint density at radius 2 is 2.00 bits per heavy atom. The van der Waals surface area contributed by atoms with Crippen LogP contribution in [0, 0.1) is 0 Å². The molecule has 6 nitrogen and oxygen atoms in total. The van der Waals surface area contributed by atoms with E-state index in [2.05, 4.69) is 16.0 Å². The number of hydrogen-bond acceptors (Lipinski definition) is 5. The van der Waals surface area contributed by atoms with Crippen LogP contribution in [0.5, 0.6) is 5.75 Å². The summed E-state index contributed by atoms with van der Waals surface area (Å²) < 4.78 is 6.14. The molecule has 1 saturated heterocycles. The number of carbonyl (C=O) groups excluding carboxylic acids is 1. The summed E-state index contributed by atoms with van der Waals surface area (Å²) in [5.74, 6) is 1.75. The lowest BCUT2D eigenvalue weighted by Gasteiger charge is -2.42. The molecule has 6 heteroatoms. The van der Waals surface area contributed by atoms with Crippen LogP contribution in [0.1, 0.15) is 18.4 Å². The van der Waals surface area contributed by atoms with Crippen molar-refractivity contribution < 1.29 is 9.53 Å². The molecule has 2 N–H and O–H groups in total. The standard InChI is InChI=1S/C20H24N4O2/c1-23(2)19(25)18-20(15-5-3-4-6-16(15)26-18)8-11-24(12-9-20)17-13-14(21)7-10-22-17/h3-7,10,13,18H,8-9,11-12H2,1-2H3,(H2,21,22)/t18-/m1/s1. The third kappa shape index (κ3) is 2.57. The van der Waals surface area contributed by atoms with Crippen molar-refractivity contribution >= 4 is 17.4 Å². The third-order valence-electron chi connectivity index (χ3n) is 5.58. The largest absolute Gasteiger partial charge is 0.479 e. The lowest BCUT2D eigenvalue weighted by Crippen LogP contribution is -2.54. The van der Waals surface area contributed by atoms with Gasteiger partial charge >= 0.3 is 0 Å². The maximum Gasteiger partial charge on any atom is 0.264 e. The monoisotopic (exact) mass is 352 g/mol. The number of benzene rings is 1. The van der Waals surface area contributed by atoms with E-state index in [1.165, 1.54) is 0 Å². The molecule has 0 radical (unpaired) electrons. The Kier molecular flexibility index (Phi) is 3.98. The highest BCUT2D eigenvalue weighted by Gasteiger charge is 2.54. The second-order valence-corrected chi connectivity index (χ2v) is 7.32. The Bertz CT molecular complexity index is 828. The van der Waals surface area contributed by atoms with Crippen molar-refractivity contribution in [3.63, 3.8) is 0 Å². The molecule has 0 unspecified atom stereocenters. The Balaban J connectivity index is 1.64. The van der Waals surface area contributed by atoms with Crippen LogP contribution in [0.15, 0.2) is 42.6 Å². The normalized spacial score (nSPS) is 20.5. The summed E-state index contributed by atoms with van der Waals surface area (Å²) in [6, 6.07) is 11.7. The first-order chi connectivity index (χ1) is 12.5. The molecule has 2 aliphatic rings. The molecule has 4 rings (SSSR count). The predicted octanol–water partition coefficient (Wildman–Crippen LogP) is 2.05. The van der Waals surface area contributed by atoms with Gasteiger partial charge in [-0.3, -0.25) is 4.79 Å². The summed E-state index contributed by atoms with van der Waals surface area (Å²) in [6.45, 7) is 1.62. The molecule has 2 aromatic rings. The minimum absolute atomic E-state index is 0.0248. The van der Waals surface area contributed by atoms with Crippen molar-refractivity contribution in [2.75, 3.05) is 37.8 Å². The number of pyridine rings is 1. The van der Waals surface area contributed by atoms with E-state index in [4.69, 9.17) is 10.5 Å². The van der Waals surface area contributed by atoms with E-state index in [1.807, 2.05) is 24.3 Å². The number of piperidine rings is 1. The highest BCUT2D eigenvalue weighted by atomic mass is 16.5. The second kappa shape index (κ2) is 6.20. The fourth-order valence-corrected chi connectivity index (χ4v) is 4.16. The van der Waals surface area contributed by atoms with Gasteiger partial charge in [0.25, 0.3) is 5.91 Å². The van der Waals surface area contributed by atoms with Gasteiger partial charge in [0.1, 0.15) is 11.6 Å². The lowest BCUT2D eigenvalue weighted by molar-refractivity contribution is -0.138. The first-order valence-corrected chi connectivity index (χ1v) is 8.95. The van der Waals surface area contributed by atoms with E-state index < -0.39 is 6.10 Å². The van der Waals surface area contributed by atoms with Crippen molar-refractivity contribution in [1.82, 2.24) is 9.88 Å². The first kappa shape index (κ1) is 16.7. The van der Waals surface area contributed by atoms with Gasteiger partial charge in [-0.05, 0) is 25.0 Å². The van der Waals surface area contributed by atoms with Gasteiger partial charge in [-0.15, -0.1) is 0 Å². The summed E-state index contributed by atoms with van der Waals surface area (Å²) in [4.78, 5) is 21.2. The van der Waals surface area contributed by atoms with E-state index in [-0.39, 0.29) is 11.3 Å². The molecule has 1 spiro atoms. The molecular formula is C20H24N4O2. The Morgan fingerprint density at radius 1 is 1.27 bits per heavy atom. The van der Waals surface area contributed by atoms with Crippen LogP contribution in [0.4, 0.5) is 11.5 Å². The molecule has 1 aromatic heterocycles. The Morgan fingerprint density at radius 3 is 2.69 bits per heavy atom. The number of aromatic nitrogens is 1. The second-order valence-electron chi connectivity index (χ2n) is 7.32. The topological polar surface area (TPSA) is 71.7 Å². The molecule has 26 heavy (non-hydrogen) atoms. The number of ether oxygens (including phenoxy) is 1. The molecule has 1 amide bonds. The minimum atomic E-state index is -0.467. The number of carbonyl (C=O) groups is 1.